The van der Waals surface area contributed by atoms with E-state index < -0.39 is 5.92 Å². The maximum Gasteiger partial charge on any atom is 0.252 e. The second-order valence-electron chi connectivity index (χ2n) is 7.27. The summed E-state index contributed by atoms with van der Waals surface area (Å²) in [7, 11) is 1.41. The lowest BCUT2D eigenvalue weighted by molar-refractivity contribution is -0.116. The summed E-state index contributed by atoms with van der Waals surface area (Å²) in [5, 5.41) is 17.2. The number of carbonyl (C=O) groups is 2. The highest BCUT2D eigenvalue weighted by Crippen LogP contribution is 2.38. The third-order valence-corrected chi connectivity index (χ3v) is 5.04. The number of hydrogen-bond acceptors (Lipinski definition) is 7. The number of anilines is 1. The Hall–Kier alpha value is -3.75. The molecule has 0 saturated heterocycles. The average Bonchev–Trinajstić information content (AvgIpc) is 3.03. The minimum Gasteiger partial charge on any atom is -0.504 e. The first-order valence-corrected chi connectivity index (χ1v) is 9.41. The fourth-order valence-electron chi connectivity index (χ4n) is 3.75. The van der Waals surface area contributed by atoms with Crippen molar-refractivity contribution >= 4 is 17.5 Å². The molecule has 1 unspecified atom stereocenters. The fourth-order valence-corrected chi connectivity index (χ4v) is 3.75. The summed E-state index contributed by atoms with van der Waals surface area (Å²) in [6, 6.07) is 6.22. The van der Waals surface area contributed by atoms with Crippen LogP contribution >= 0.6 is 0 Å². The molecule has 9 heteroatoms. The van der Waals surface area contributed by atoms with Gasteiger partial charge in [-0.1, -0.05) is 0 Å². The van der Waals surface area contributed by atoms with Crippen molar-refractivity contribution in [1.82, 2.24) is 19.7 Å². The molecule has 1 aliphatic heterocycles. The maximum atomic E-state index is 13.3. The van der Waals surface area contributed by atoms with Crippen molar-refractivity contribution in [3.63, 3.8) is 0 Å². The molecular formula is C21H21N5O4. The number of nitrogens with zero attached hydrogens (tertiary/aromatic N) is 4. The number of aromatic nitrogens is 4. The van der Waals surface area contributed by atoms with Crippen molar-refractivity contribution in [1.29, 1.82) is 0 Å². The number of aryl methyl sites for hydroxylation is 3. The standard InChI is InChI=1S/C21H21N5O4/c1-10-7-11(2)23-21(22-10)26-20-18(12(3)25-26)14(9-17(28)24-20)19(29)13-5-6-15(27)16(8-13)30-4/h5-8,14,27H,9H2,1-4H3,(H,24,28). The van der Waals surface area contributed by atoms with Crippen LogP contribution in [0.25, 0.3) is 5.95 Å². The number of methoxy groups -OCH3 is 1. The quantitative estimate of drug-likeness (QED) is 0.638. The molecule has 0 saturated carbocycles. The van der Waals surface area contributed by atoms with Gasteiger partial charge in [0.1, 0.15) is 5.82 Å². The van der Waals surface area contributed by atoms with Gasteiger partial charge in [-0.2, -0.15) is 9.78 Å². The highest BCUT2D eigenvalue weighted by atomic mass is 16.5. The van der Waals surface area contributed by atoms with Gasteiger partial charge in [-0.25, -0.2) is 9.97 Å². The molecule has 1 atom stereocenters. The summed E-state index contributed by atoms with van der Waals surface area (Å²) in [6.07, 6.45) is -0.00470. The first-order chi connectivity index (χ1) is 14.3. The number of Topliss-reactive ketones (excluding diaryl/α,β-unsaturated/α-hetero) is 1. The van der Waals surface area contributed by atoms with Gasteiger partial charge in [0.05, 0.1) is 18.7 Å². The molecule has 2 N–H and O–H groups in total. The van der Waals surface area contributed by atoms with Gasteiger partial charge in [0.2, 0.25) is 5.91 Å². The summed E-state index contributed by atoms with van der Waals surface area (Å²) in [5.74, 6) is -0.410. The van der Waals surface area contributed by atoms with Gasteiger partial charge in [0.15, 0.2) is 17.3 Å². The van der Waals surface area contributed by atoms with Crippen molar-refractivity contribution in [2.24, 2.45) is 0 Å². The third-order valence-electron chi connectivity index (χ3n) is 5.04. The van der Waals surface area contributed by atoms with E-state index in [2.05, 4.69) is 20.4 Å². The Morgan fingerprint density at radius 1 is 1.20 bits per heavy atom. The molecular weight excluding hydrogens is 386 g/mol. The number of nitrogens with one attached hydrogen (secondary N) is 1. The molecule has 0 bridgehead atoms. The van der Waals surface area contributed by atoms with E-state index in [-0.39, 0.29) is 29.6 Å². The summed E-state index contributed by atoms with van der Waals surface area (Å²) >= 11 is 0. The Morgan fingerprint density at radius 2 is 1.90 bits per heavy atom. The molecule has 3 heterocycles. The van der Waals surface area contributed by atoms with Crippen molar-refractivity contribution in [3.8, 4) is 17.4 Å². The number of fused-ring (bicyclic) bond motifs is 1. The zero-order valence-corrected chi connectivity index (χ0v) is 17.1. The number of hydrogen-bond donors (Lipinski definition) is 2. The smallest absolute Gasteiger partial charge is 0.252 e. The van der Waals surface area contributed by atoms with Gasteiger partial charge in [0.25, 0.3) is 5.95 Å². The van der Waals surface area contributed by atoms with E-state index in [1.54, 1.807) is 6.92 Å². The molecule has 30 heavy (non-hydrogen) atoms. The van der Waals surface area contributed by atoms with E-state index in [4.69, 9.17) is 4.74 Å². The molecule has 0 aliphatic carbocycles. The van der Waals surface area contributed by atoms with E-state index in [1.807, 2.05) is 19.9 Å². The van der Waals surface area contributed by atoms with Crippen LogP contribution in [0.2, 0.25) is 0 Å². The first-order valence-electron chi connectivity index (χ1n) is 9.41. The maximum absolute atomic E-state index is 13.3. The topological polar surface area (TPSA) is 119 Å². The minimum absolute atomic E-state index is 0.00470. The zero-order valence-electron chi connectivity index (χ0n) is 17.1. The minimum atomic E-state index is -0.720. The first kappa shape index (κ1) is 19.6. The van der Waals surface area contributed by atoms with Crippen LogP contribution in [0.3, 0.4) is 0 Å². The number of rotatable bonds is 4. The van der Waals surface area contributed by atoms with Crippen LogP contribution in [0.1, 0.15) is 45.3 Å². The van der Waals surface area contributed by atoms with Crippen LogP contribution < -0.4 is 10.1 Å². The van der Waals surface area contributed by atoms with Crippen LogP contribution in [0, 0.1) is 20.8 Å². The average molecular weight is 407 g/mol. The molecule has 1 aliphatic rings. The van der Waals surface area contributed by atoms with Crippen LogP contribution in [-0.4, -0.2) is 43.7 Å². The monoisotopic (exact) mass is 407 g/mol. The van der Waals surface area contributed by atoms with Gasteiger partial charge >= 0.3 is 0 Å². The number of phenolic OH excluding ortho intramolecular Hbond substituents is 1. The Balaban J connectivity index is 1.82. The van der Waals surface area contributed by atoms with E-state index in [9.17, 15) is 14.7 Å². The lowest BCUT2D eigenvalue weighted by Crippen LogP contribution is -2.28. The normalized spacial score (nSPS) is 15.5. The number of benzene rings is 1. The number of phenols is 1. The Kier molecular flexibility index (Phi) is 4.73. The van der Waals surface area contributed by atoms with Gasteiger partial charge in [-0.05, 0) is 45.0 Å². The van der Waals surface area contributed by atoms with Crippen LogP contribution in [-0.2, 0) is 4.79 Å². The summed E-state index contributed by atoms with van der Waals surface area (Å²) in [5.41, 5.74) is 3.12. The molecule has 4 rings (SSSR count). The van der Waals surface area contributed by atoms with Crippen LogP contribution in [0.15, 0.2) is 24.3 Å². The summed E-state index contributed by atoms with van der Waals surface area (Å²) in [6.45, 7) is 5.49. The molecule has 3 aromatic rings. The lowest BCUT2D eigenvalue weighted by atomic mass is 9.85. The largest absolute Gasteiger partial charge is 0.504 e. The van der Waals surface area contributed by atoms with E-state index in [1.165, 1.54) is 30.0 Å². The fraction of sp³-hybridized carbons (Fsp3) is 0.286. The summed E-state index contributed by atoms with van der Waals surface area (Å²) in [4.78, 5) is 34.6. The number of amides is 1. The number of aromatic hydroxyl groups is 1. The van der Waals surface area contributed by atoms with Crippen molar-refractivity contribution < 1.29 is 19.4 Å². The van der Waals surface area contributed by atoms with Gasteiger partial charge in [0, 0.05) is 28.9 Å². The molecule has 0 radical (unpaired) electrons. The molecule has 0 fully saturated rings. The predicted octanol–water partition coefficient (Wildman–Crippen LogP) is 2.61. The van der Waals surface area contributed by atoms with Gasteiger partial charge in [-0.15, -0.1) is 0 Å². The third kappa shape index (κ3) is 3.28. The van der Waals surface area contributed by atoms with Crippen LogP contribution in [0.5, 0.6) is 11.5 Å². The van der Waals surface area contributed by atoms with Crippen molar-refractivity contribution in [3.05, 3.63) is 52.5 Å². The molecule has 1 amide bonds. The number of ether oxygens (including phenoxy) is 1. The highest BCUT2D eigenvalue weighted by Gasteiger charge is 2.37. The van der Waals surface area contributed by atoms with Crippen molar-refractivity contribution in [2.75, 3.05) is 12.4 Å². The highest BCUT2D eigenvalue weighted by molar-refractivity contribution is 6.08. The molecule has 1 aromatic carbocycles. The van der Waals surface area contributed by atoms with E-state index in [0.717, 1.165) is 11.4 Å². The molecule has 0 spiro atoms. The second-order valence-corrected chi connectivity index (χ2v) is 7.27. The SMILES string of the molecule is COc1cc(C(=O)C2CC(=O)Nc3c2c(C)nn3-c2nc(C)cc(C)n2)ccc1O. The van der Waals surface area contributed by atoms with Gasteiger partial charge < -0.3 is 15.2 Å². The molecule has 9 nitrogen and oxygen atoms in total. The van der Waals surface area contributed by atoms with Crippen LogP contribution in [0.4, 0.5) is 5.82 Å². The Morgan fingerprint density at radius 3 is 2.57 bits per heavy atom. The lowest BCUT2D eigenvalue weighted by Gasteiger charge is -2.23. The molecule has 154 valence electrons. The Bertz CT molecular complexity index is 1160. The predicted molar refractivity (Wildman–Crippen MR) is 108 cm³/mol. The van der Waals surface area contributed by atoms with Crippen molar-refractivity contribution in [2.45, 2.75) is 33.1 Å². The van der Waals surface area contributed by atoms with E-state index in [0.29, 0.717) is 28.6 Å². The number of ketones is 1. The van der Waals surface area contributed by atoms with E-state index >= 15 is 0 Å². The zero-order chi connectivity index (χ0) is 21.6. The second kappa shape index (κ2) is 7.25. The Labute approximate surface area is 172 Å². The van der Waals surface area contributed by atoms with Gasteiger partial charge in [-0.3, -0.25) is 9.59 Å². The number of carbonyl (C=O) groups excluding carboxylic acids is 2. The molecule has 2 aromatic heterocycles. The summed E-state index contributed by atoms with van der Waals surface area (Å²) < 4.78 is 6.58.